The number of aromatic nitrogens is 1. The van der Waals surface area contributed by atoms with Crippen molar-refractivity contribution in [2.45, 2.75) is 24.6 Å². The van der Waals surface area contributed by atoms with Crippen LogP contribution < -0.4 is 5.32 Å². The van der Waals surface area contributed by atoms with Gasteiger partial charge in [-0.25, -0.2) is 0 Å². The molecule has 3 aromatic rings. The molecule has 0 saturated carbocycles. The Morgan fingerprint density at radius 3 is 2.64 bits per heavy atom. The smallest absolute Gasteiger partial charge is 0.345 e. The Hall–Kier alpha value is -3.71. The SMILES string of the molecule is CN1C(=N)NC(C)(c2ccc(-c3cccc(C#N)c3)s2)C(c2ccc(C(F)(F)F)cn2)C1=O. The standard InChI is InChI=1S/C23H18F3N5OS/c1-22(18-9-8-17(33-18)14-5-3-4-13(10-14)11-27)19(20(32)31(2)21(28)30-22)16-7-6-15(12-29-16)23(24,25)26/h3-10,12,19H,1-2H3,(H2,28,30). The van der Waals surface area contributed by atoms with E-state index in [1.807, 2.05) is 18.2 Å². The minimum absolute atomic E-state index is 0.118. The lowest BCUT2D eigenvalue weighted by molar-refractivity contribution is -0.137. The number of thiophene rings is 1. The first-order chi connectivity index (χ1) is 15.5. The van der Waals surface area contributed by atoms with E-state index in [0.717, 1.165) is 27.6 Å². The molecule has 0 bridgehead atoms. The van der Waals surface area contributed by atoms with E-state index >= 15 is 0 Å². The number of amides is 1. The summed E-state index contributed by atoms with van der Waals surface area (Å²) >= 11 is 1.37. The highest BCUT2D eigenvalue weighted by Gasteiger charge is 2.50. The molecule has 2 atom stereocenters. The van der Waals surface area contributed by atoms with E-state index in [1.54, 1.807) is 25.1 Å². The molecule has 1 amide bonds. The van der Waals surface area contributed by atoms with Crippen molar-refractivity contribution in [1.29, 1.82) is 10.7 Å². The molecule has 2 N–H and O–H groups in total. The molecule has 1 aliphatic heterocycles. The number of nitrogens with one attached hydrogen (secondary N) is 2. The van der Waals surface area contributed by atoms with Crippen LogP contribution in [0.3, 0.4) is 0 Å². The number of hydrogen-bond donors (Lipinski definition) is 2. The summed E-state index contributed by atoms with van der Waals surface area (Å²) in [6.07, 6.45) is -3.82. The van der Waals surface area contributed by atoms with Gasteiger partial charge in [0.05, 0.1) is 28.4 Å². The Kier molecular flexibility index (Phi) is 5.46. The maximum Gasteiger partial charge on any atom is 0.417 e. The molecule has 1 saturated heterocycles. The van der Waals surface area contributed by atoms with Gasteiger partial charge in [-0.1, -0.05) is 12.1 Å². The number of nitriles is 1. The molecular formula is C23H18F3N5OS. The average molecular weight is 469 g/mol. The first-order valence-corrected chi connectivity index (χ1v) is 10.6. The maximum absolute atomic E-state index is 13.2. The van der Waals surface area contributed by atoms with Gasteiger partial charge in [-0.2, -0.15) is 18.4 Å². The number of guanidine groups is 1. The van der Waals surface area contributed by atoms with Gasteiger partial charge in [0.2, 0.25) is 5.91 Å². The summed E-state index contributed by atoms with van der Waals surface area (Å²) in [5, 5.41) is 20.4. The van der Waals surface area contributed by atoms with E-state index in [2.05, 4.69) is 16.4 Å². The van der Waals surface area contributed by atoms with Gasteiger partial charge in [-0.3, -0.25) is 20.1 Å². The van der Waals surface area contributed by atoms with Crippen molar-refractivity contribution in [3.05, 3.63) is 76.4 Å². The van der Waals surface area contributed by atoms with Gasteiger partial charge in [0.1, 0.15) is 5.92 Å². The number of rotatable bonds is 3. The van der Waals surface area contributed by atoms with Gasteiger partial charge < -0.3 is 5.32 Å². The quantitative estimate of drug-likeness (QED) is 0.582. The van der Waals surface area contributed by atoms with Crippen molar-refractivity contribution in [2.75, 3.05) is 7.05 Å². The Labute approximate surface area is 191 Å². The summed E-state index contributed by atoms with van der Waals surface area (Å²) in [5.41, 5.74) is -0.518. The highest BCUT2D eigenvalue weighted by molar-refractivity contribution is 7.15. The summed E-state index contributed by atoms with van der Waals surface area (Å²) < 4.78 is 39.0. The second kappa shape index (κ2) is 8.01. The van der Waals surface area contributed by atoms with Crippen molar-refractivity contribution >= 4 is 23.2 Å². The third-order valence-electron chi connectivity index (χ3n) is 5.67. The zero-order chi connectivity index (χ0) is 24.0. The molecular weight excluding hydrogens is 451 g/mol. The average Bonchev–Trinajstić information content (AvgIpc) is 3.29. The third-order valence-corrected chi connectivity index (χ3v) is 7.04. The molecule has 1 aliphatic rings. The van der Waals surface area contributed by atoms with Crippen LogP contribution in [0.25, 0.3) is 10.4 Å². The van der Waals surface area contributed by atoms with Crippen LogP contribution in [0.2, 0.25) is 0 Å². The number of nitrogens with zero attached hydrogens (tertiary/aromatic N) is 3. The van der Waals surface area contributed by atoms with Gasteiger partial charge >= 0.3 is 6.18 Å². The zero-order valence-corrected chi connectivity index (χ0v) is 18.4. The molecule has 0 radical (unpaired) electrons. The second-order valence-electron chi connectivity index (χ2n) is 7.83. The molecule has 168 valence electrons. The molecule has 3 heterocycles. The van der Waals surface area contributed by atoms with Crippen LogP contribution in [-0.2, 0) is 16.5 Å². The fourth-order valence-corrected chi connectivity index (χ4v) is 4.97. The van der Waals surface area contributed by atoms with E-state index in [1.165, 1.54) is 24.5 Å². The highest BCUT2D eigenvalue weighted by atomic mass is 32.1. The van der Waals surface area contributed by atoms with Crippen LogP contribution in [0.15, 0.2) is 54.7 Å². The third kappa shape index (κ3) is 3.96. The number of hydrogen-bond acceptors (Lipinski definition) is 5. The van der Waals surface area contributed by atoms with Crippen molar-refractivity contribution in [3.8, 4) is 16.5 Å². The largest absolute Gasteiger partial charge is 0.417 e. The van der Waals surface area contributed by atoms with E-state index < -0.39 is 29.1 Å². The number of halogens is 3. The van der Waals surface area contributed by atoms with Gasteiger partial charge in [0.25, 0.3) is 0 Å². The van der Waals surface area contributed by atoms with Crippen LogP contribution in [0, 0.1) is 16.7 Å². The molecule has 2 aromatic heterocycles. The van der Waals surface area contributed by atoms with Crippen LogP contribution >= 0.6 is 11.3 Å². The predicted molar refractivity (Wildman–Crippen MR) is 117 cm³/mol. The lowest BCUT2D eigenvalue weighted by Gasteiger charge is -2.44. The minimum atomic E-state index is -4.54. The molecule has 6 nitrogen and oxygen atoms in total. The number of likely N-dealkylation sites (N-methyl/N-ethyl adjacent to an activating group) is 1. The topological polar surface area (TPSA) is 92.9 Å². The summed E-state index contributed by atoms with van der Waals surface area (Å²) in [6, 6.07) is 15.0. The fraction of sp³-hybridized carbons (Fsp3) is 0.217. The maximum atomic E-state index is 13.2. The molecule has 1 fully saturated rings. The van der Waals surface area contributed by atoms with Crippen molar-refractivity contribution in [1.82, 2.24) is 15.2 Å². The van der Waals surface area contributed by atoms with Gasteiger partial charge in [0, 0.05) is 23.0 Å². The normalized spacial score (nSPS) is 21.0. The number of pyridine rings is 1. The van der Waals surface area contributed by atoms with E-state index in [0.29, 0.717) is 10.4 Å². The Balaban J connectivity index is 1.79. The monoisotopic (exact) mass is 469 g/mol. The fourth-order valence-electron chi connectivity index (χ4n) is 3.84. The summed E-state index contributed by atoms with van der Waals surface area (Å²) in [4.78, 5) is 19.9. The van der Waals surface area contributed by atoms with Gasteiger partial charge in [-0.15, -0.1) is 11.3 Å². The Morgan fingerprint density at radius 2 is 2.00 bits per heavy atom. The number of benzene rings is 1. The summed E-state index contributed by atoms with van der Waals surface area (Å²) in [5.74, 6) is -1.53. The Morgan fingerprint density at radius 1 is 1.24 bits per heavy atom. The first-order valence-electron chi connectivity index (χ1n) is 9.83. The van der Waals surface area contributed by atoms with Crippen LogP contribution in [0.5, 0.6) is 0 Å². The number of carbonyl (C=O) groups is 1. The molecule has 1 aromatic carbocycles. The Bertz CT molecular complexity index is 1280. The lowest BCUT2D eigenvalue weighted by atomic mass is 9.79. The molecule has 4 rings (SSSR count). The molecule has 0 aliphatic carbocycles. The van der Waals surface area contributed by atoms with E-state index in [9.17, 15) is 23.2 Å². The van der Waals surface area contributed by atoms with E-state index in [4.69, 9.17) is 5.41 Å². The van der Waals surface area contributed by atoms with Crippen molar-refractivity contribution in [3.63, 3.8) is 0 Å². The van der Waals surface area contributed by atoms with E-state index in [-0.39, 0.29) is 11.7 Å². The molecule has 10 heteroatoms. The summed E-state index contributed by atoms with van der Waals surface area (Å²) in [7, 11) is 1.43. The molecule has 0 spiro atoms. The van der Waals surface area contributed by atoms with Crippen molar-refractivity contribution < 1.29 is 18.0 Å². The van der Waals surface area contributed by atoms with Crippen LogP contribution in [-0.4, -0.2) is 28.8 Å². The first kappa shape index (κ1) is 22.5. The van der Waals surface area contributed by atoms with Crippen molar-refractivity contribution in [2.24, 2.45) is 0 Å². The summed E-state index contributed by atoms with van der Waals surface area (Å²) in [6.45, 7) is 1.73. The minimum Gasteiger partial charge on any atom is -0.345 e. The second-order valence-corrected chi connectivity index (χ2v) is 8.92. The van der Waals surface area contributed by atoms with Crippen LogP contribution in [0.1, 0.15) is 34.5 Å². The highest BCUT2D eigenvalue weighted by Crippen LogP contribution is 2.44. The number of alkyl halides is 3. The molecule has 33 heavy (non-hydrogen) atoms. The lowest BCUT2D eigenvalue weighted by Crippen LogP contribution is -2.62. The van der Waals surface area contributed by atoms with Crippen LogP contribution in [0.4, 0.5) is 13.2 Å². The predicted octanol–water partition coefficient (Wildman–Crippen LogP) is 4.70. The molecule has 2 unspecified atom stereocenters. The number of carbonyl (C=O) groups excluding carboxylic acids is 1. The van der Waals surface area contributed by atoms with Gasteiger partial charge in [0.15, 0.2) is 5.96 Å². The van der Waals surface area contributed by atoms with Gasteiger partial charge in [-0.05, 0) is 48.9 Å². The zero-order valence-electron chi connectivity index (χ0n) is 17.6.